The molecule has 29 heavy (non-hydrogen) atoms. The molecule has 2 aromatic carbocycles. The zero-order valence-electron chi connectivity index (χ0n) is 15.9. The van der Waals surface area contributed by atoms with Gasteiger partial charge in [-0.3, -0.25) is 4.79 Å². The second kappa shape index (κ2) is 9.07. The highest BCUT2D eigenvalue weighted by Gasteiger charge is 2.18. The highest BCUT2D eigenvalue weighted by atomic mass is 32.2. The third-order valence-corrected chi connectivity index (χ3v) is 6.16. The molecule has 146 valence electrons. The quantitative estimate of drug-likeness (QED) is 0.443. The van der Waals surface area contributed by atoms with Gasteiger partial charge >= 0.3 is 0 Å². The van der Waals surface area contributed by atoms with E-state index in [-0.39, 0.29) is 17.7 Å². The van der Waals surface area contributed by atoms with Gasteiger partial charge in [0, 0.05) is 4.88 Å². The van der Waals surface area contributed by atoms with Gasteiger partial charge in [-0.25, -0.2) is 9.67 Å². The second-order valence-corrected chi connectivity index (χ2v) is 8.44. The van der Waals surface area contributed by atoms with Gasteiger partial charge in [-0.2, -0.15) is 0 Å². The Kier molecular flexibility index (Phi) is 6.07. The Balaban J connectivity index is 1.41. The van der Waals surface area contributed by atoms with E-state index in [1.54, 1.807) is 22.3 Å². The molecule has 1 amide bonds. The van der Waals surface area contributed by atoms with E-state index in [9.17, 15) is 4.79 Å². The third-order valence-electron chi connectivity index (χ3n) is 4.37. The molecule has 1 unspecified atom stereocenters. The molecule has 4 aromatic rings. The van der Waals surface area contributed by atoms with Crippen LogP contribution in [0.2, 0.25) is 0 Å². The number of carbonyl (C=O) groups excluding carboxylic acids is 1. The fraction of sp³-hybridized carbons (Fsp3) is 0.136. The lowest BCUT2D eigenvalue weighted by atomic mass is 10.0. The maximum atomic E-state index is 12.6. The summed E-state index contributed by atoms with van der Waals surface area (Å²) in [5, 5.41) is 10.2. The molecule has 0 radical (unpaired) electrons. The first-order chi connectivity index (χ1) is 14.2. The van der Waals surface area contributed by atoms with Crippen LogP contribution in [-0.4, -0.2) is 26.4 Å². The fourth-order valence-corrected chi connectivity index (χ4v) is 4.30. The topological polar surface area (TPSA) is 59.8 Å². The summed E-state index contributed by atoms with van der Waals surface area (Å²) in [6, 6.07) is 21.9. The molecule has 7 heteroatoms. The Labute approximate surface area is 177 Å². The van der Waals surface area contributed by atoms with Crippen molar-refractivity contribution in [1.29, 1.82) is 0 Å². The number of aryl methyl sites for hydroxylation is 1. The molecule has 0 aliphatic heterocycles. The molecule has 0 spiro atoms. The van der Waals surface area contributed by atoms with Crippen LogP contribution in [0.5, 0.6) is 0 Å². The van der Waals surface area contributed by atoms with E-state index >= 15 is 0 Å². The minimum atomic E-state index is -0.154. The summed E-state index contributed by atoms with van der Waals surface area (Å²) >= 11 is 2.97. The summed E-state index contributed by atoms with van der Waals surface area (Å²) in [6.45, 7) is 2.06. The summed E-state index contributed by atoms with van der Waals surface area (Å²) in [5.74, 6) is 0.206. The average Bonchev–Trinajstić information content (AvgIpc) is 3.44. The van der Waals surface area contributed by atoms with Gasteiger partial charge in [0.25, 0.3) is 0 Å². The molecule has 5 nitrogen and oxygen atoms in total. The van der Waals surface area contributed by atoms with Gasteiger partial charge < -0.3 is 5.32 Å². The number of carbonyl (C=O) groups is 1. The van der Waals surface area contributed by atoms with Crippen molar-refractivity contribution in [3.63, 3.8) is 0 Å². The summed E-state index contributed by atoms with van der Waals surface area (Å²) < 4.78 is 1.71. The van der Waals surface area contributed by atoms with Gasteiger partial charge in [-0.05, 0) is 36.1 Å². The number of benzene rings is 2. The van der Waals surface area contributed by atoms with Crippen LogP contribution in [0.15, 0.2) is 83.6 Å². The van der Waals surface area contributed by atoms with E-state index in [1.807, 2.05) is 47.8 Å². The van der Waals surface area contributed by atoms with Gasteiger partial charge in [-0.1, -0.05) is 65.9 Å². The molecule has 1 N–H and O–H groups in total. The molecule has 1 atom stereocenters. The first kappa shape index (κ1) is 19.4. The lowest BCUT2D eigenvalue weighted by Gasteiger charge is -2.18. The number of thioether (sulfide) groups is 1. The van der Waals surface area contributed by atoms with Gasteiger partial charge in [0.2, 0.25) is 11.1 Å². The highest BCUT2D eigenvalue weighted by molar-refractivity contribution is 7.99. The first-order valence-electron chi connectivity index (χ1n) is 9.18. The zero-order chi connectivity index (χ0) is 20.1. The van der Waals surface area contributed by atoms with Crippen LogP contribution in [0.4, 0.5) is 0 Å². The second-order valence-electron chi connectivity index (χ2n) is 6.52. The van der Waals surface area contributed by atoms with E-state index in [0.717, 1.165) is 16.1 Å². The van der Waals surface area contributed by atoms with Crippen molar-refractivity contribution in [3.8, 4) is 5.69 Å². The van der Waals surface area contributed by atoms with Crippen LogP contribution < -0.4 is 5.32 Å². The van der Waals surface area contributed by atoms with Crippen LogP contribution in [0.25, 0.3) is 5.69 Å². The van der Waals surface area contributed by atoms with Crippen molar-refractivity contribution in [2.24, 2.45) is 0 Å². The minimum Gasteiger partial charge on any atom is -0.344 e. The van der Waals surface area contributed by atoms with Gasteiger partial charge in [0.15, 0.2) is 0 Å². The maximum Gasteiger partial charge on any atom is 0.231 e. The summed E-state index contributed by atoms with van der Waals surface area (Å²) in [5.41, 5.74) is 3.21. The number of rotatable bonds is 7. The van der Waals surface area contributed by atoms with Crippen molar-refractivity contribution < 1.29 is 4.79 Å². The molecular weight excluding hydrogens is 400 g/mol. The number of aromatic nitrogens is 3. The Bertz CT molecular complexity index is 1060. The molecule has 0 saturated heterocycles. The summed E-state index contributed by atoms with van der Waals surface area (Å²) in [7, 11) is 0. The lowest BCUT2D eigenvalue weighted by molar-refractivity contribution is -0.119. The Morgan fingerprint density at radius 2 is 1.90 bits per heavy atom. The van der Waals surface area contributed by atoms with Gasteiger partial charge in [0.1, 0.15) is 6.33 Å². The van der Waals surface area contributed by atoms with Crippen molar-refractivity contribution in [3.05, 3.63) is 94.4 Å². The first-order valence-corrected chi connectivity index (χ1v) is 11.0. The van der Waals surface area contributed by atoms with Crippen molar-refractivity contribution in [2.75, 3.05) is 5.75 Å². The smallest absolute Gasteiger partial charge is 0.231 e. The molecule has 0 saturated carbocycles. The van der Waals surface area contributed by atoms with Crippen LogP contribution in [0.1, 0.15) is 22.0 Å². The predicted molar refractivity (Wildman–Crippen MR) is 118 cm³/mol. The van der Waals surface area contributed by atoms with Crippen molar-refractivity contribution in [1.82, 2.24) is 20.1 Å². The van der Waals surface area contributed by atoms with Crippen LogP contribution >= 0.6 is 23.1 Å². The molecule has 0 fully saturated rings. The van der Waals surface area contributed by atoms with Crippen LogP contribution in [0, 0.1) is 6.92 Å². The van der Waals surface area contributed by atoms with Gasteiger partial charge in [0.05, 0.1) is 17.5 Å². The van der Waals surface area contributed by atoms with E-state index in [1.165, 1.54) is 17.3 Å². The Hall–Kier alpha value is -2.90. The minimum absolute atomic E-state index is 0.0509. The number of nitrogens with zero attached hydrogens (tertiary/aromatic N) is 3. The largest absolute Gasteiger partial charge is 0.344 e. The molecule has 2 aromatic heterocycles. The molecule has 2 heterocycles. The molecule has 4 rings (SSSR count). The maximum absolute atomic E-state index is 12.6. The summed E-state index contributed by atoms with van der Waals surface area (Å²) in [6.07, 6.45) is 1.66. The fourth-order valence-electron chi connectivity index (χ4n) is 2.89. The number of hydrogen-bond acceptors (Lipinski definition) is 5. The number of para-hydroxylation sites is 1. The number of hydrogen-bond donors (Lipinski definition) is 1. The molecular formula is C22H20N4OS2. The normalized spacial score (nSPS) is 11.9. The average molecular weight is 421 g/mol. The molecule has 0 bridgehead atoms. The third kappa shape index (κ3) is 4.93. The predicted octanol–water partition coefficient (Wildman–Crippen LogP) is 4.64. The van der Waals surface area contributed by atoms with Crippen LogP contribution in [0.3, 0.4) is 0 Å². The van der Waals surface area contributed by atoms with E-state index in [2.05, 4.69) is 46.6 Å². The number of amides is 1. The van der Waals surface area contributed by atoms with E-state index in [0.29, 0.717) is 5.16 Å². The summed E-state index contributed by atoms with van der Waals surface area (Å²) in [4.78, 5) is 18.1. The van der Waals surface area contributed by atoms with E-state index in [4.69, 9.17) is 0 Å². The standard InChI is InChI=1S/C22H20N4OS2/c1-16-9-11-17(12-10-16)21(19-8-5-13-28-19)24-20(27)14-29-22-23-15-26(25-22)18-6-3-2-4-7-18/h2-13,15,21H,14H2,1H3,(H,24,27). The van der Waals surface area contributed by atoms with E-state index < -0.39 is 0 Å². The van der Waals surface area contributed by atoms with Crippen molar-refractivity contribution >= 4 is 29.0 Å². The monoisotopic (exact) mass is 420 g/mol. The molecule has 0 aliphatic rings. The lowest BCUT2D eigenvalue weighted by Crippen LogP contribution is -2.30. The van der Waals surface area contributed by atoms with Gasteiger partial charge in [-0.15, -0.1) is 16.4 Å². The number of nitrogens with one attached hydrogen (secondary N) is 1. The Morgan fingerprint density at radius 1 is 1.10 bits per heavy atom. The zero-order valence-corrected chi connectivity index (χ0v) is 17.5. The number of thiophene rings is 1. The van der Waals surface area contributed by atoms with Crippen LogP contribution in [-0.2, 0) is 4.79 Å². The van der Waals surface area contributed by atoms with Crippen molar-refractivity contribution in [2.45, 2.75) is 18.1 Å². The Morgan fingerprint density at radius 3 is 2.62 bits per heavy atom. The highest BCUT2D eigenvalue weighted by Crippen LogP contribution is 2.26. The SMILES string of the molecule is Cc1ccc(C(NC(=O)CSc2ncn(-c3ccccc3)n2)c2cccs2)cc1. The molecule has 0 aliphatic carbocycles.